The van der Waals surface area contributed by atoms with Crippen molar-refractivity contribution in [3.05, 3.63) is 39.7 Å². The number of carbonyl (C=O) groups is 2. The zero-order chi connectivity index (χ0) is 18.7. The minimum Gasteiger partial charge on any atom is -0.497 e. The lowest BCUT2D eigenvalue weighted by Gasteiger charge is -2.13. The van der Waals surface area contributed by atoms with Gasteiger partial charge in [-0.25, -0.2) is 0 Å². The number of hydrogen-bond acceptors (Lipinski definition) is 8. The summed E-state index contributed by atoms with van der Waals surface area (Å²) >= 11 is 7.67. The Morgan fingerprint density at radius 1 is 1.35 bits per heavy atom. The molecule has 1 aliphatic heterocycles. The van der Waals surface area contributed by atoms with Crippen LogP contribution in [0.2, 0.25) is 0 Å². The van der Waals surface area contributed by atoms with E-state index in [0.29, 0.717) is 14.4 Å². The highest BCUT2D eigenvalue weighted by atomic mass is 32.2. The largest absolute Gasteiger partial charge is 0.497 e. The van der Waals surface area contributed by atoms with Crippen LogP contribution in [-0.2, 0) is 9.59 Å². The van der Waals surface area contributed by atoms with E-state index < -0.39 is 0 Å². The van der Waals surface area contributed by atoms with Crippen molar-refractivity contribution in [2.75, 3.05) is 19.0 Å². The first kappa shape index (κ1) is 18.5. The van der Waals surface area contributed by atoms with Crippen LogP contribution in [0.3, 0.4) is 0 Å². The lowest BCUT2D eigenvalue weighted by molar-refractivity contribution is -0.126. The standard InChI is InChI=1S/C16H14N4O3S3/c1-9-18-19-15(25-9)17-13(21)8-20-14(22)12(26-16(20)24)7-10-3-5-11(23-2)6-4-10/h3-7H,8H2,1-2H3,(H,17,19,21)/b12-7-. The summed E-state index contributed by atoms with van der Waals surface area (Å²) in [6.07, 6.45) is 1.74. The Morgan fingerprint density at radius 3 is 2.69 bits per heavy atom. The van der Waals surface area contributed by atoms with Crippen LogP contribution in [0.5, 0.6) is 5.75 Å². The summed E-state index contributed by atoms with van der Waals surface area (Å²) in [4.78, 5) is 26.4. The van der Waals surface area contributed by atoms with E-state index in [1.807, 2.05) is 24.3 Å². The van der Waals surface area contributed by atoms with Crippen LogP contribution >= 0.6 is 35.3 Å². The van der Waals surface area contributed by atoms with E-state index in [9.17, 15) is 9.59 Å². The van der Waals surface area contributed by atoms with E-state index >= 15 is 0 Å². The first-order valence-corrected chi connectivity index (χ1v) is 9.50. The summed E-state index contributed by atoms with van der Waals surface area (Å²) in [5, 5.41) is 11.4. The third-order valence-electron chi connectivity index (χ3n) is 3.36. The van der Waals surface area contributed by atoms with Crippen LogP contribution in [0.1, 0.15) is 10.6 Å². The highest BCUT2D eigenvalue weighted by molar-refractivity contribution is 8.26. The molecule has 0 atom stereocenters. The Balaban J connectivity index is 1.67. The van der Waals surface area contributed by atoms with Gasteiger partial charge in [-0.05, 0) is 30.7 Å². The van der Waals surface area contributed by atoms with E-state index in [0.717, 1.165) is 16.3 Å². The number of rotatable bonds is 5. The summed E-state index contributed by atoms with van der Waals surface area (Å²) < 4.78 is 5.46. The van der Waals surface area contributed by atoms with Crippen molar-refractivity contribution in [3.63, 3.8) is 0 Å². The molecule has 0 radical (unpaired) electrons. The van der Waals surface area contributed by atoms with E-state index in [1.165, 1.54) is 28.0 Å². The number of ether oxygens (including phenoxy) is 1. The molecule has 1 aliphatic rings. The molecule has 2 aromatic rings. The number of anilines is 1. The molecular weight excluding hydrogens is 392 g/mol. The monoisotopic (exact) mass is 406 g/mol. The van der Waals surface area contributed by atoms with Gasteiger partial charge in [-0.2, -0.15) is 0 Å². The molecule has 3 rings (SSSR count). The van der Waals surface area contributed by atoms with Gasteiger partial charge in [0.15, 0.2) is 0 Å². The van der Waals surface area contributed by atoms with Crippen LogP contribution in [0.4, 0.5) is 5.13 Å². The van der Waals surface area contributed by atoms with Gasteiger partial charge in [0.05, 0.1) is 12.0 Å². The number of thiocarbonyl (C=S) groups is 1. The van der Waals surface area contributed by atoms with Crippen molar-refractivity contribution in [1.82, 2.24) is 15.1 Å². The molecule has 26 heavy (non-hydrogen) atoms. The third-order valence-corrected chi connectivity index (χ3v) is 5.49. The molecule has 0 bridgehead atoms. The van der Waals surface area contributed by atoms with Crippen LogP contribution in [0.25, 0.3) is 6.08 Å². The fourth-order valence-electron chi connectivity index (χ4n) is 2.14. The second-order valence-corrected chi connectivity index (χ2v) is 8.07. The molecule has 134 valence electrons. The Labute approximate surface area is 163 Å². The molecule has 7 nitrogen and oxygen atoms in total. The number of aryl methyl sites for hydroxylation is 1. The molecule has 10 heteroatoms. The smallest absolute Gasteiger partial charge is 0.266 e. The van der Waals surface area contributed by atoms with E-state index in [1.54, 1.807) is 20.1 Å². The zero-order valence-electron chi connectivity index (χ0n) is 13.9. The lowest BCUT2D eigenvalue weighted by Crippen LogP contribution is -2.36. The van der Waals surface area contributed by atoms with Crippen LogP contribution in [-0.4, -0.2) is 44.9 Å². The minimum absolute atomic E-state index is 0.163. The number of benzene rings is 1. The maximum absolute atomic E-state index is 12.6. The van der Waals surface area contributed by atoms with Gasteiger partial charge in [0.25, 0.3) is 5.91 Å². The molecule has 0 unspecified atom stereocenters. The zero-order valence-corrected chi connectivity index (χ0v) is 16.3. The predicted octanol–water partition coefficient (Wildman–Crippen LogP) is 2.70. The molecule has 1 aromatic heterocycles. The lowest BCUT2D eigenvalue weighted by atomic mass is 10.2. The Bertz CT molecular complexity index is 892. The average Bonchev–Trinajstić information content (AvgIpc) is 3.13. The fourth-order valence-corrected chi connectivity index (χ4v) is 4.00. The molecule has 0 aliphatic carbocycles. The first-order valence-electron chi connectivity index (χ1n) is 7.45. The van der Waals surface area contributed by atoms with Crippen LogP contribution < -0.4 is 10.1 Å². The van der Waals surface area contributed by atoms with Crippen LogP contribution in [0, 0.1) is 6.92 Å². The van der Waals surface area contributed by atoms with Crippen molar-refractivity contribution in [2.45, 2.75) is 6.92 Å². The molecule has 1 aromatic carbocycles. The number of thioether (sulfide) groups is 1. The summed E-state index contributed by atoms with van der Waals surface area (Å²) in [5.41, 5.74) is 0.847. The number of hydrogen-bond donors (Lipinski definition) is 1. The molecule has 2 amide bonds. The Morgan fingerprint density at radius 2 is 2.08 bits per heavy atom. The maximum Gasteiger partial charge on any atom is 0.266 e. The van der Waals surface area contributed by atoms with Gasteiger partial charge in [0, 0.05) is 0 Å². The van der Waals surface area contributed by atoms with Gasteiger partial charge < -0.3 is 4.74 Å². The predicted molar refractivity (Wildman–Crippen MR) is 106 cm³/mol. The minimum atomic E-state index is -0.372. The number of carbonyl (C=O) groups excluding carboxylic acids is 2. The number of methoxy groups -OCH3 is 1. The van der Waals surface area contributed by atoms with Gasteiger partial charge in [-0.3, -0.25) is 19.8 Å². The Hall–Kier alpha value is -2.30. The van der Waals surface area contributed by atoms with Crippen molar-refractivity contribution < 1.29 is 14.3 Å². The highest BCUT2D eigenvalue weighted by Gasteiger charge is 2.33. The number of amides is 2. The SMILES string of the molecule is COc1ccc(/C=C2\SC(=S)N(CC(=O)Nc3nnc(C)s3)C2=O)cc1. The van der Waals surface area contributed by atoms with E-state index in [4.69, 9.17) is 17.0 Å². The van der Waals surface area contributed by atoms with Gasteiger partial charge in [0.2, 0.25) is 11.0 Å². The fraction of sp³-hybridized carbons (Fsp3) is 0.188. The molecule has 1 fully saturated rings. The Kier molecular flexibility index (Phi) is 5.64. The number of nitrogens with one attached hydrogen (secondary N) is 1. The molecule has 1 N–H and O–H groups in total. The molecule has 0 spiro atoms. The summed E-state index contributed by atoms with van der Waals surface area (Å²) in [6.45, 7) is 1.63. The van der Waals surface area contributed by atoms with Crippen molar-refractivity contribution in [3.8, 4) is 5.75 Å². The second kappa shape index (κ2) is 7.94. The third kappa shape index (κ3) is 4.26. The van der Waals surface area contributed by atoms with Crippen molar-refractivity contribution >= 4 is 62.7 Å². The molecule has 2 heterocycles. The average molecular weight is 407 g/mol. The van der Waals surface area contributed by atoms with Gasteiger partial charge in [-0.15, -0.1) is 10.2 Å². The summed E-state index contributed by atoms with van der Waals surface area (Å²) in [7, 11) is 1.59. The van der Waals surface area contributed by atoms with E-state index in [-0.39, 0.29) is 18.4 Å². The normalized spacial score (nSPS) is 15.6. The topological polar surface area (TPSA) is 84.4 Å². The quantitative estimate of drug-likeness (QED) is 0.604. The van der Waals surface area contributed by atoms with Gasteiger partial charge in [-0.1, -0.05) is 47.4 Å². The van der Waals surface area contributed by atoms with E-state index in [2.05, 4.69) is 15.5 Å². The molecular formula is C16H14N4O3S3. The van der Waals surface area contributed by atoms with Crippen LogP contribution in [0.15, 0.2) is 29.2 Å². The maximum atomic E-state index is 12.6. The van der Waals surface area contributed by atoms with Crippen molar-refractivity contribution in [1.29, 1.82) is 0 Å². The molecule has 0 saturated carbocycles. The first-order chi connectivity index (χ1) is 12.5. The highest BCUT2D eigenvalue weighted by Crippen LogP contribution is 2.32. The van der Waals surface area contributed by atoms with Gasteiger partial charge in [0.1, 0.15) is 21.6 Å². The summed E-state index contributed by atoms with van der Waals surface area (Å²) in [6, 6.07) is 7.31. The van der Waals surface area contributed by atoms with Gasteiger partial charge >= 0.3 is 0 Å². The summed E-state index contributed by atoms with van der Waals surface area (Å²) in [5.74, 6) is 0.0702. The second-order valence-electron chi connectivity index (χ2n) is 5.22. The number of nitrogens with zero attached hydrogens (tertiary/aromatic N) is 3. The molecule has 1 saturated heterocycles. The number of aromatic nitrogens is 2. The van der Waals surface area contributed by atoms with Crippen molar-refractivity contribution in [2.24, 2.45) is 0 Å².